The first-order valence-corrected chi connectivity index (χ1v) is 5.86. The number of aromatic carboxylic acids is 1. The van der Waals surface area contributed by atoms with E-state index in [0.717, 1.165) is 25.9 Å². The van der Waals surface area contributed by atoms with Crippen molar-refractivity contribution in [3.63, 3.8) is 0 Å². The summed E-state index contributed by atoms with van der Waals surface area (Å²) in [6.45, 7) is 1.60. The molecule has 17 heavy (non-hydrogen) atoms. The number of aromatic nitrogens is 1. The predicted molar refractivity (Wildman–Crippen MR) is 65.6 cm³/mol. The van der Waals surface area contributed by atoms with Gasteiger partial charge < -0.3 is 15.7 Å². The molecule has 5 nitrogen and oxygen atoms in total. The van der Waals surface area contributed by atoms with Gasteiger partial charge in [0.1, 0.15) is 5.82 Å². The first kappa shape index (κ1) is 12.1. The molecule has 0 amide bonds. The minimum atomic E-state index is -1.11. The maximum atomic E-state index is 10.9. The first-order valence-electron chi connectivity index (χ1n) is 5.48. The van der Waals surface area contributed by atoms with Crippen LogP contribution in [0.3, 0.4) is 0 Å². The second-order valence-electron chi connectivity index (χ2n) is 4.13. The Morgan fingerprint density at radius 3 is 2.71 bits per heavy atom. The van der Waals surface area contributed by atoms with Gasteiger partial charge in [0, 0.05) is 19.1 Å². The van der Waals surface area contributed by atoms with Crippen LogP contribution in [0, 0.1) is 0 Å². The number of rotatable bonds is 2. The van der Waals surface area contributed by atoms with E-state index >= 15 is 0 Å². The second-order valence-corrected chi connectivity index (χ2v) is 4.54. The van der Waals surface area contributed by atoms with Gasteiger partial charge in [-0.25, -0.2) is 9.78 Å². The number of hydrogen-bond acceptors (Lipinski definition) is 4. The summed E-state index contributed by atoms with van der Waals surface area (Å²) >= 11 is 5.77. The standard InChI is InChI=1S/C11H14ClN3O2/c12-8-1-2-9(14-10(8)11(16)17)15-5-3-7(13)4-6-15/h1-2,7H,3-6,13H2,(H,16,17). The zero-order valence-electron chi connectivity index (χ0n) is 9.27. The largest absolute Gasteiger partial charge is 0.476 e. The fourth-order valence-electron chi connectivity index (χ4n) is 1.89. The van der Waals surface area contributed by atoms with Gasteiger partial charge in [-0.15, -0.1) is 0 Å². The number of piperidine rings is 1. The highest BCUT2D eigenvalue weighted by atomic mass is 35.5. The lowest BCUT2D eigenvalue weighted by Crippen LogP contribution is -2.40. The summed E-state index contributed by atoms with van der Waals surface area (Å²) in [6.07, 6.45) is 1.79. The smallest absolute Gasteiger partial charge is 0.356 e. The molecule has 3 N–H and O–H groups in total. The van der Waals surface area contributed by atoms with Gasteiger partial charge >= 0.3 is 5.97 Å². The van der Waals surface area contributed by atoms with Crippen molar-refractivity contribution >= 4 is 23.4 Å². The van der Waals surface area contributed by atoms with Crippen molar-refractivity contribution in [2.45, 2.75) is 18.9 Å². The highest BCUT2D eigenvalue weighted by molar-refractivity contribution is 6.33. The molecule has 0 radical (unpaired) electrons. The topological polar surface area (TPSA) is 79.5 Å². The Labute approximate surface area is 104 Å². The normalized spacial score (nSPS) is 17.2. The van der Waals surface area contributed by atoms with Gasteiger partial charge in [-0.3, -0.25) is 0 Å². The van der Waals surface area contributed by atoms with E-state index in [4.69, 9.17) is 22.4 Å². The zero-order chi connectivity index (χ0) is 12.4. The Balaban J connectivity index is 2.21. The summed E-state index contributed by atoms with van der Waals surface area (Å²) in [4.78, 5) is 17.0. The van der Waals surface area contributed by atoms with Crippen LogP contribution in [0.2, 0.25) is 5.02 Å². The lowest BCUT2D eigenvalue weighted by molar-refractivity contribution is 0.0691. The van der Waals surface area contributed by atoms with Gasteiger partial charge in [0.25, 0.3) is 0 Å². The van der Waals surface area contributed by atoms with Crippen LogP contribution < -0.4 is 10.6 Å². The predicted octanol–water partition coefficient (Wildman–Crippen LogP) is 1.36. The maximum Gasteiger partial charge on any atom is 0.356 e. The highest BCUT2D eigenvalue weighted by Crippen LogP contribution is 2.21. The average Bonchev–Trinajstić information content (AvgIpc) is 2.30. The molecular formula is C11H14ClN3O2. The molecule has 0 saturated carbocycles. The van der Waals surface area contributed by atoms with Gasteiger partial charge in [0.2, 0.25) is 0 Å². The number of halogens is 1. The Bertz CT molecular complexity index is 431. The molecule has 1 fully saturated rings. The van der Waals surface area contributed by atoms with Crippen molar-refractivity contribution in [3.8, 4) is 0 Å². The van der Waals surface area contributed by atoms with Crippen molar-refractivity contribution in [2.75, 3.05) is 18.0 Å². The summed E-state index contributed by atoms with van der Waals surface area (Å²) in [5.74, 6) is -0.454. The molecule has 1 aromatic rings. The SMILES string of the molecule is NC1CCN(c2ccc(Cl)c(C(=O)O)n2)CC1. The van der Waals surface area contributed by atoms with Crippen LogP contribution in [0.25, 0.3) is 0 Å². The zero-order valence-corrected chi connectivity index (χ0v) is 10.0. The van der Waals surface area contributed by atoms with Gasteiger partial charge in [0.05, 0.1) is 5.02 Å². The first-order chi connectivity index (χ1) is 8.08. The number of carbonyl (C=O) groups is 1. The molecule has 1 aliphatic rings. The Kier molecular flexibility index (Phi) is 3.49. The highest BCUT2D eigenvalue weighted by Gasteiger charge is 2.19. The molecule has 1 aromatic heterocycles. The number of hydrogen-bond donors (Lipinski definition) is 2. The number of nitrogens with zero attached hydrogens (tertiary/aromatic N) is 2. The summed E-state index contributed by atoms with van der Waals surface area (Å²) in [5, 5.41) is 9.11. The van der Waals surface area contributed by atoms with E-state index in [2.05, 4.69) is 4.98 Å². The van der Waals surface area contributed by atoms with Crippen LogP contribution in [0.5, 0.6) is 0 Å². The second kappa shape index (κ2) is 4.89. The van der Waals surface area contributed by atoms with E-state index in [1.54, 1.807) is 12.1 Å². The lowest BCUT2D eigenvalue weighted by Gasteiger charge is -2.31. The molecule has 1 aliphatic heterocycles. The Morgan fingerprint density at radius 2 is 2.12 bits per heavy atom. The molecule has 92 valence electrons. The van der Waals surface area contributed by atoms with E-state index < -0.39 is 5.97 Å². The van der Waals surface area contributed by atoms with E-state index in [1.807, 2.05) is 4.90 Å². The summed E-state index contributed by atoms with van der Waals surface area (Å²) in [7, 11) is 0. The van der Waals surface area contributed by atoms with Gasteiger partial charge in [0.15, 0.2) is 5.69 Å². The Morgan fingerprint density at radius 1 is 1.47 bits per heavy atom. The third-order valence-electron chi connectivity index (χ3n) is 2.90. The molecule has 0 aliphatic carbocycles. The van der Waals surface area contributed by atoms with E-state index in [1.165, 1.54) is 0 Å². The molecule has 0 spiro atoms. The fourth-order valence-corrected chi connectivity index (χ4v) is 2.07. The van der Waals surface area contributed by atoms with Gasteiger partial charge in [-0.2, -0.15) is 0 Å². The minimum Gasteiger partial charge on any atom is -0.476 e. The minimum absolute atomic E-state index is 0.0981. The van der Waals surface area contributed by atoms with Crippen molar-refractivity contribution in [3.05, 3.63) is 22.8 Å². The average molecular weight is 256 g/mol. The maximum absolute atomic E-state index is 10.9. The van der Waals surface area contributed by atoms with Crippen molar-refractivity contribution in [1.29, 1.82) is 0 Å². The van der Waals surface area contributed by atoms with Crippen LogP contribution in [-0.4, -0.2) is 35.2 Å². The van der Waals surface area contributed by atoms with Gasteiger partial charge in [-0.1, -0.05) is 11.6 Å². The van der Waals surface area contributed by atoms with Crippen LogP contribution in [-0.2, 0) is 0 Å². The molecule has 0 unspecified atom stereocenters. The summed E-state index contributed by atoms with van der Waals surface area (Å²) in [5.41, 5.74) is 5.72. The van der Waals surface area contributed by atoms with Gasteiger partial charge in [-0.05, 0) is 25.0 Å². The van der Waals surface area contributed by atoms with Crippen LogP contribution in [0.4, 0.5) is 5.82 Å². The van der Waals surface area contributed by atoms with E-state index in [-0.39, 0.29) is 16.8 Å². The molecule has 2 rings (SSSR count). The quantitative estimate of drug-likeness (QED) is 0.834. The summed E-state index contributed by atoms with van der Waals surface area (Å²) in [6, 6.07) is 3.55. The van der Waals surface area contributed by atoms with Crippen molar-refractivity contribution in [2.24, 2.45) is 5.73 Å². The molecule has 2 heterocycles. The molecule has 6 heteroatoms. The van der Waals surface area contributed by atoms with Crippen LogP contribution in [0.1, 0.15) is 23.3 Å². The molecule has 0 atom stereocenters. The third kappa shape index (κ3) is 2.68. The summed E-state index contributed by atoms with van der Waals surface area (Å²) < 4.78 is 0. The molecular weight excluding hydrogens is 242 g/mol. The third-order valence-corrected chi connectivity index (χ3v) is 3.20. The van der Waals surface area contributed by atoms with Crippen LogP contribution in [0.15, 0.2) is 12.1 Å². The fraction of sp³-hybridized carbons (Fsp3) is 0.455. The molecule has 0 bridgehead atoms. The van der Waals surface area contributed by atoms with Crippen molar-refractivity contribution < 1.29 is 9.90 Å². The van der Waals surface area contributed by atoms with Crippen molar-refractivity contribution in [1.82, 2.24) is 4.98 Å². The van der Waals surface area contributed by atoms with E-state index in [9.17, 15) is 4.79 Å². The molecule has 1 saturated heterocycles. The van der Waals surface area contributed by atoms with E-state index in [0.29, 0.717) is 5.82 Å². The number of nitrogens with two attached hydrogens (primary N) is 1. The number of pyridine rings is 1. The van der Waals surface area contributed by atoms with Crippen LogP contribution >= 0.6 is 11.6 Å². The monoisotopic (exact) mass is 255 g/mol. The lowest BCUT2D eigenvalue weighted by atomic mass is 10.1. The number of anilines is 1. The Hall–Kier alpha value is -1.33. The number of carboxylic acids is 1. The molecule has 0 aromatic carbocycles. The number of carboxylic acid groups (broad SMARTS) is 1.